The molecule has 2 N–H and O–H groups in total. The predicted octanol–water partition coefficient (Wildman–Crippen LogP) is 3.32. The van der Waals surface area contributed by atoms with Crippen molar-refractivity contribution in [1.29, 1.82) is 0 Å². The van der Waals surface area contributed by atoms with Crippen LogP contribution in [0.5, 0.6) is 0 Å². The second-order valence-electron chi connectivity index (χ2n) is 5.49. The molecular weight excluding hydrogens is 321 g/mol. The van der Waals surface area contributed by atoms with Gasteiger partial charge in [-0.3, -0.25) is 4.79 Å². The van der Waals surface area contributed by atoms with Gasteiger partial charge in [0.1, 0.15) is 17.6 Å². The Morgan fingerprint density at radius 1 is 1.12 bits per heavy atom. The number of aromatic nitrogens is 2. The van der Waals surface area contributed by atoms with E-state index < -0.39 is 6.10 Å². The first-order valence-corrected chi connectivity index (χ1v) is 7.68. The van der Waals surface area contributed by atoms with E-state index >= 15 is 0 Å². The van der Waals surface area contributed by atoms with Crippen molar-refractivity contribution in [3.05, 3.63) is 77.9 Å². The van der Waals surface area contributed by atoms with E-state index in [-0.39, 0.29) is 23.2 Å². The fourth-order valence-corrected chi connectivity index (χ4v) is 2.41. The number of aliphatic hydroxyl groups excluding tert-OH is 1. The number of halogens is 1. The molecular formula is C19H16FN3O2. The summed E-state index contributed by atoms with van der Waals surface area (Å²) >= 11 is 0. The number of aliphatic hydroxyl groups is 1. The highest BCUT2D eigenvalue weighted by Crippen LogP contribution is 2.28. The summed E-state index contributed by atoms with van der Waals surface area (Å²) in [5.74, 6) is -0.476. The molecule has 3 aromatic rings. The van der Waals surface area contributed by atoms with E-state index in [9.17, 15) is 14.3 Å². The summed E-state index contributed by atoms with van der Waals surface area (Å²) in [4.78, 5) is 20.1. The largest absolute Gasteiger partial charge is 0.382 e. The first kappa shape index (κ1) is 16.7. The summed E-state index contributed by atoms with van der Waals surface area (Å²) in [6, 6.07) is 14.8. The molecule has 0 radical (unpaired) electrons. The fourth-order valence-electron chi connectivity index (χ4n) is 2.41. The van der Waals surface area contributed by atoms with Crippen LogP contribution in [0.3, 0.4) is 0 Å². The van der Waals surface area contributed by atoms with Gasteiger partial charge in [-0.25, -0.2) is 14.4 Å². The average molecular weight is 337 g/mol. The van der Waals surface area contributed by atoms with Crippen molar-refractivity contribution in [3.8, 4) is 11.3 Å². The number of anilines is 1. The normalized spacial score (nSPS) is 11.8. The lowest BCUT2D eigenvalue weighted by Gasteiger charge is -2.15. The minimum absolute atomic E-state index is 0.190. The van der Waals surface area contributed by atoms with E-state index in [1.54, 1.807) is 36.4 Å². The van der Waals surface area contributed by atoms with Gasteiger partial charge in [0, 0.05) is 12.5 Å². The van der Waals surface area contributed by atoms with E-state index in [0.29, 0.717) is 16.8 Å². The van der Waals surface area contributed by atoms with E-state index in [1.165, 1.54) is 25.3 Å². The topological polar surface area (TPSA) is 75.1 Å². The standard InChI is InChI=1S/C19H16FN3O2/c1-12(24)22-19-17(18(25)14-5-3-2-4-6-14)23-16(11-21-19)13-7-9-15(20)10-8-13/h2-11,18,25H,1H3,(H,21,22,24). The molecule has 2 aromatic carbocycles. The second-order valence-corrected chi connectivity index (χ2v) is 5.49. The molecule has 3 rings (SSSR count). The van der Waals surface area contributed by atoms with Crippen LogP contribution in [0.4, 0.5) is 10.2 Å². The molecule has 1 atom stereocenters. The number of hydrogen-bond donors (Lipinski definition) is 2. The molecule has 0 fully saturated rings. The Bertz CT molecular complexity index is 883. The van der Waals surface area contributed by atoms with Crippen molar-refractivity contribution in [1.82, 2.24) is 9.97 Å². The molecule has 6 heteroatoms. The van der Waals surface area contributed by atoms with Gasteiger partial charge < -0.3 is 10.4 Å². The first-order chi connectivity index (χ1) is 12.0. The Labute approximate surface area is 144 Å². The maximum absolute atomic E-state index is 13.1. The SMILES string of the molecule is CC(=O)Nc1ncc(-c2ccc(F)cc2)nc1C(O)c1ccccc1. The minimum Gasteiger partial charge on any atom is -0.382 e. The van der Waals surface area contributed by atoms with Gasteiger partial charge in [0.2, 0.25) is 5.91 Å². The van der Waals surface area contributed by atoms with Gasteiger partial charge in [-0.15, -0.1) is 0 Å². The number of nitrogens with zero attached hydrogens (tertiary/aromatic N) is 2. The highest BCUT2D eigenvalue weighted by molar-refractivity contribution is 5.88. The van der Waals surface area contributed by atoms with Crippen molar-refractivity contribution in [2.75, 3.05) is 5.32 Å². The zero-order valence-corrected chi connectivity index (χ0v) is 13.5. The summed E-state index contributed by atoms with van der Waals surface area (Å²) in [5.41, 5.74) is 1.98. The van der Waals surface area contributed by atoms with Crippen molar-refractivity contribution in [2.24, 2.45) is 0 Å². The molecule has 0 bridgehead atoms. The molecule has 0 spiro atoms. The summed E-state index contributed by atoms with van der Waals surface area (Å²) in [6.07, 6.45) is 0.413. The van der Waals surface area contributed by atoms with Gasteiger partial charge in [-0.05, 0) is 29.8 Å². The number of benzene rings is 2. The second kappa shape index (κ2) is 7.19. The highest BCUT2D eigenvalue weighted by atomic mass is 19.1. The summed E-state index contributed by atoms with van der Waals surface area (Å²) < 4.78 is 13.1. The van der Waals surface area contributed by atoms with E-state index in [0.717, 1.165) is 0 Å². The van der Waals surface area contributed by atoms with E-state index in [1.807, 2.05) is 6.07 Å². The maximum atomic E-state index is 13.1. The fraction of sp³-hybridized carbons (Fsp3) is 0.105. The smallest absolute Gasteiger partial charge is 0.222 e. The van der Waals surface area contributed by atoms with Crippen LogP contribution in [0.25, 0.3) is 11.3 Å². The lowest BCUT2D eigenvalue weighted by atomic mass is 10.1. The number of hydrogen-bond acceptors (Lipinski definition) is 4. The van der Waals surface area contributed by atoms with Crippen LogP contribution in [-0.4, -0.2) is 21.0 Å². The molecule has 25 heavy (non-hydrogen) atoms. The first-order valence-electron chi connectivity index (χ1n) is 7.68. The Balaban J connectivity index is 2.07. The number of carbonyl (C=O) groups is 1. The monoisotopic (exact) mass is 337 g/mol. The third kappa shape index (κ3) is 3.87. The molecule has 0 aliphatic carbocycles. The Kier molecular flexibility index (Phi) is 4.81. The van der Waals surface area contributed by atoms with Crippen LogP contribution in [0.1, 0.15) is 24.3 Å². The molecule has 0 aliphatic rings. The number of amides is 1. The number of rotatable bonds is 4. The van der Waals surface area contributed by atoms with E-state index in [2.05, 4.69) is 15.3 Å². The van der Waals surface area contributed by atoms with Crippen LogP contribution in [0.15, 0.2) is 60.8 Å². The third-order valence-corrected chi connectivity index (χ3v) is 3.61. The van der Waals surface area contributed by atoms with Gasteiger partial charge in [-0.2, -0.15) is 0 Å². The van der Waals surface area contributed by atoms with Crippen molar-refractivity contribution >= 4 is 11.7 Å². The Hall–Kier alpha value is -3.12. The van der Waals surface area contributed by atoms with Crippen molar-refractivity contribution < 1.29 is 14.3 Å². The van der Waals surface area contributed by atoms with Crippen LogP contribution >= 0.6 is 0 Å². The zero-order chi connectivity index (χ0) is 17.8. The summed E-state index contributed by atoms with van der Waals surface area (Å²) in [7, 11) is 0. The minimum atomic E-state index is -1.06. The van der Waals surface area contributed by atoms with Crippen LogP contribution in [-0.2, 0) is 4.79 Å². The van der Waals surface area contributed by atoms with Crippen molar-refractivity contribution in [2.45, 2.75) is 13.0 Å². The van der Waals surface area contributed by atoms with Crippen LogP contribution in [0, 0.1) is 5.82 Å². The van der Waals surface area contributed by atoms with Gasteiger partial charge in [0.05, 0.1) is 11.9 Å². The molecule has 1 aromatic heterocycles. The molecule has 5 nitrogen and oxygen atoms in total. The molecule has 1 amide bonds. The lowest BCUT2D eigenvalue weighted by molar-refractivity contribution is -0.114. The molecule has 1 heterocycles. The third-order valence-electron chi connectivity index (χ3n) is 3.61. The van der Waals surface area contributed by atoms with Gasteiger partial charge >= 0.3 is 0 Å². The van der Waals surface area contributed by atoms with Crippen LogP contribution in [0.2, 0.25) is 0 Å². The molecule has 1 unspecified atom stereocenters. The van der Waals surface area contributed by atoms with Gasteiger partial charge in [-0.1, -0.05) is 30.3 Å². The summed E-state index contributed by atoms with van der Waals surface area (Å²) in [6.45, 7) is 1.36. The summed E-state index contributed by atoms with van der Waals surface area (Å²) in [5, 5.41) is 13.3. The predicted molar refractivity (Wildman–Crippen MR) is 92.2 cm³/mol. The van der Waals surface area contributed by atoms with E-state index in [4.69, 9.17) is 0 Å². The molecule has 126 valence electrons. The van der Waals surface area contributed by atoms with Gasteiger partial charge in [0.25, 0.3) is 0 Å². The Morgan fingerprint density at radius 2 is 1.80 bits per heavy atom. The average Bonchev–Trinajstić information content (AvgIpc) is 2.62. The lowest BCUT2D eigenvalue weighted by Crippen LogP contribution is -2.14. The number of nitrogens with one attached hydrogen (secondary N) is 1. The Morgan fingerprint density at radius 3 is 2.44 bits per heavy atom. The number of carbonyl (C=O) groups excluding carboxylic acids is 1. The van der Waals surface area contributed by atoms with Gasteiger partial charge in [0.15, 0.2) is 5.82 Å². The molecule has 0 aliphatic heterocycles. The maximum Gasteiger partial charge on any atom is 0.222 e. The quantitative estimate of drug-likeness (QED) is 0.766. The van der Waals surface area contributed by atoms with Crippen molar-refractivity contribution in [3.63, 3.8) is 0 Å². The molecule has 0 saturated carbocycles. The highest BCUT2D eigenvalue weighted by Gasteiger charge is 2.19. The van der Waals surface area contributed by atoms with Crippen LogP contribution < -0.4 is 5.32 Å². The molecule has 0 saturated heterocycles. The zero-order valence-electron chi connectivity index (χ0n) is 13.5.